The van der Waals surface area contributed by atoms with Crippen molar-refractivity contribution in [1.82, 2.24) is 4.90 Å². The van der Waals surface area contributed by atoms with E-state index in [4.69, 9.17) is 4.74 Å². The van der Waals surface area contributed by atoms with Crippen molar-refractivity contribution < 1.29 is 9.53 Å². The highest BCUT2D eigenvalue weighted by molar-refractivity contribution is 5.77. The number of likely N-dealkylation sites (tertiary alicyclic amines) is 1. The summed E-state index contributed by atoms with van der Waals surface area (Å²) in [7, 11) is 1.84. The molecule has 1 heterocycles. The van der Waals surface area contributed by atoms with Gasteiger partial charge in [-0.15, -0.1) is 0 Å². The fourth-order valence-corrected chi connectivity index (χ4v) is 1.13. The van der Waals surface area contributed by atoms with Crippen molar-refractivity contribution >= 4 is 5.91 Å². The van der Waals surface area contributed by atoms with Crippen LogP contribution in [0.25, 0.3) is 0 Å². The van der Waals surface area contributed by atoms with E-state index in [9.17, 15) is 4.79 Å². The van der Waals surface area contributed by atoms with Crippen molar-refractivity contribution in [2.24, 2.45) is 0 Å². The molecular formula is C11H22NO2. The molecule has 0 aromatic rings. The standard InChI is InChI=1S/C6H13O.C5H9NO/c1-3-5-6-7-4-2;1-6-4-2-3-5(6)7/h2-6H2,1H3;2-4H2,1H3. The molecule has 0 spiro atoms. The van der Waals surface area contributed by atoms with E-state index >= 15 is 0 Å². The van der Waals surface area contributed by atoms with Gasteiger partial charge in [-0.1, -0.05) is 13.3 Å². The lowest BCUT2D eigenvalue weighted by atomic mass is 10.4. The van der Waals surface area contributed by atoms with Crippen LogP contribution in [0.1, 0.15) is 32.6 Å². The number of carbonyl (C=O) groups is 1. The first kappa shape index (κ1) is 13.4. The van der Waals surface area contributed by atoms with Crippen molar-refractivity contribution in [3.63, 3.8) is 0 Å². The first-order valence-electron chi connectivity index (χ1n) is 5.33. The topological polar surface area (TPSA) is 29.5 Å². The van der Waals surface area contributed by atoms with Crippen molar-refractivity contribution in [2.45, 2.75) is 32.6 Å². The van der Waals surface area contributed by atoms with Crippen LogP contribution >= 0.6 is 0 Å². The maximum absolute atomic E-state index is 10.5. The summed E-state index contributed by atoms with van der Waals surface area (Å²) in [6.45, 7) is 8.12. The monoisotopic (exact) mass is 200 g/mol. The number of hydrogen-bond acceptors (Lipinski definition) is 2. The minimum absolute atomic E-state index is 0.292. The molecule has 1 aliphatic rings. The molecule has 0 bridgehead atoms. The van der Waals surface area contributed by atoms with Gasteiger partial charge in [0, 0.05) is 33.2 Å². The highest BCUT2D eigenvalue weighted by Crippen LogP contribution is 2.04. The second-order valence-electron chi connectivity index (χ2n) is 3.38. The number of rotatable bonds is 4. The van der Waals surface area contributed by atoms with E-state index in [0.717, 1.165) is 32.4 Å². The number of hydrogen-bond donors (Lipinski definition) is 0. The number of ether oxygens (including phenoxy) is 1. The quantitative estimate of drug-likeness (QED) is 0.648. The van der Waals surface area contributed by atoms with Crippen molar-refractivity contribution in [2.75, 3.05) is 26.8 Å². The molecular weight excluding hydrogens is 178 g/mol. The minimum Gasteiger partial charge on any atom is -0.381 e. The molecule has 14 heavy (non-hydrogen) atoms. The molecule has 1 amide bonds. The Morgan fingerprint density at radius 3 is 2.57 bits per heavy atom. The molecule has 0 aromatic carbocycles. The Kier molecular flexibility index (Phi) is 8.64. The van der Waals surface area contributed by atoms with Gasteiger partial charge in [0.25, 0.3) is 0 Å². The van der Waals surface area contributed by atoms with Crippen LogP contribution in [0.5, 0.6) is 0 Å². The molecule has 0 aliphatic carbocycles. The zero-order valence-electron chi connectivity index (χ0n) is 9.42. The fourth-order valence-electron chi connectivity index (χ4n) is 1.13. The molecule has 1 saturated heterocycles. The Hall–Kier alpha value is -0.570. The van der Waals surface area contributed by atoms with Crippen LogP contribution in [0, 0.1) is 6.92 Å². The van der Waals surface area contributed by atoms with Gasteiger partial charge >= 0.3 is 0 Å². The van der Waals surface area contributed by atoms with E-state index in [1.807, 2.05) is 7.05 Å². The Bertz CT molecular complexity index is 144. The van der Waals surface area contributed by atoms with Crippen LogP contribution in [0.3, 0.4) is 0 Å². The first-order chi connectivity index (χ1) is 6.72. The minimum atomic E-state index is 0.292. The number of unbranched alkanes of at least 4 members (excludes halogenated alkanes) is 1. The molecule has 0 N–H and O–H groups in total. The third-order valence-corrected chi connectivity index (χ3v) is 2.10. The largest absolute Gasteiger partial charge is 0.381 e. The van der Waals surface area contributed by atoms with E-state index in [-0.39, 0.29) is 0 Å². The zero-order valence-corrected chi connectivity index (χ0v) is 9.42. The number of nitrogens with zero attached hydrogens (tertiary/aromatic N) is 1. The summed E-state index contributed by atoms with van der Waals surface area (Å²) in [4.78, 5) is 12.3. The third kappa shape index (κ3) is 6.89. The first-order valence-corrected chi connectivity index (χ1v) is 5.33. The second kappa shape index (κ2) is 9.00. The Morgan fingerprint density at radius 2 is 2.29 bits per heavy atom. The molecule has 1 rings (SSSR count). The summed E-state index contributed by atoms with van der Waals surface area (Å²) >= 11 is 0. The maximum atomic E-state index is 10.5. The molecule has 0 unspecified atom stereocenters. The van der Waals surface area contributed by atoms with E-state index in [2.05, 4.69) is 13.8 Å². The molecule has 3 nitrogen and oxygen atoms in total. The molecule has 1 radical (unpaired) electrons. The van der Waals surface area contributed by atoms with Gasteiger partial charge in [0.1, 0.15) is 0 Å². The summed E-state index contributed by atoms with van der Waals surface area (Å²) < 4.78 is 4.96. The fraction of sp³-hybridized carbons (Fsp3) is 0.818. The SMILES string of the molecule is CN1CCCC1=O.[CH2]COCCCC. The van der Waals surface area contributed by atoms with E-state index in [1.54, 1.807) is 4.90 Å². The summed E-state index contributed by atoms with van der Waals surface area (Å²) in [5.41, 5.74) is 0. The molecule has 0 aromatic heterocycles. The van der Waals surface area contributed by atoms with E-state index in [1.165, 1.54) is 6.42 Å². The van der Waals surface area contributed by atoms with Gasteiger partial charge in [-0.05, 0) is 19.8 Å². The van der Waals surface area contributed by atoms with Crippen LogP contribution in [0.2, 0.25) is 0 Å². The van der Waals surface area contributed by atoms with Crippen LogP contribution in [-0.4, -0.2) is 37.6 Å². The Balaban J connectivity index is 0.000000241. The van der Waals surface area contributed by atoms with Crippen molar-refractivity contribution in [3.8, 4) is 0 Å². The Labute approximate surface area is 87.4 Å². The highest BCUT2D eigenvalue weighted by Gasteiger charge is 2.14. The van der Waals surface area contributed by atoms with Crippen molar-refractivity contribution in [1.29, 1.82) is 0 Å². The van der Waals surface area contributed by atoms with Crippen LogP contribution in [-0.2, 0) is 9.53 Å². The van der Waals surface area contributed by atoms with Gasteiger partial charge in [0.15, 0.2) is 0 Å². The molecule has 1 fully saturated rings. The Morgan fingerprint density at radius 1 is 1.57 bits per heavy atom. The molecule has 0 atom stereocenters. The van der Waals surface area contributed by atoms with Crippen molar-refractivity contribution in [3.05, 3.63) is 6.92 Å². The lowest BCUT2D eigenvalue weighted by Gasteiger charge is -2.03. The van der Waals surface area contributed by atoms with Crippen LogP contribution in [0.15, 0.2) is 0 Å². The van der Waals surface area contributed by atoms with Gasteiger partial charge in [-0.25, -0.2) is 0 Å². The average Bonchev–Trinajstić information content (AvgIpc) is 2.53. The van der Waals surface area contributed by atoms with Gasteiger partial charge in [0.2, 0.25) is 5.91 Å². The lowest BCUT2D eigenvalue weighted by Crippen LogP contribution is -2.17. The number of amides is 1. The third-order valence-electron chi connectivity index (χ3n) is 2.10. The predicted molar refractivity (Wildman–Crippen MR) is 58.0 cm³/mol. The van der Waals surface area contributed by atoms with Gasteiger partial charge < -0.3 is 9.64 Å². The zero-order chi connectivity index (χ0) is 10.8. The van der Waals surface area contributed by atoms with Crippen LogP contribution in [0.4, 0.5) is 0 Å². The van der Waals surface area contributed by atoms with E-state index in [0.29, 0.717) is 12.5 Å². The summed E-state index contributed by atoms with van der Waals surface area (Å²) in [6.07, 6.45) is 4.18. The second-order valence-corrected chi connectivity index (χ2v) is 3.38. The highest BCUT2D eigenvalue weighted by atomic mass is 16.5. The smallest absolute Gasteiger partial charge is 0.222 e. The van der Waals surface area contributed by atoms with Gasteiger partial charge in [-0.2, -0.15) is 0 Å². The molecule has 0 saturated carbocycles. The summed E-state index contributed by atoms with van der Waals surface area (Å²) in [5.74, 6) is 0.292. The van der Waals surface area contributed by atoms with Gasteiger partial charge in [0.05, 0.1) is 0 Å². The van der Waals surface area contributed by atoms with E-state index < -0.39 is 0 Å². The molecule has 3 heteroatoms. The summed E-state index contributed by atoms with van der Waals surface area (Å²) in [6, 6.07) is 0. The van der Waals surface area contributed by atoms with Gasteiger partial charge in [-0.3, -0.25) is 4.79 Å². The summed E-state index contributed by atoms with van der Waals surface area (Å²) in [5, 5.41) is 0. The number of carbonyl (C=O) groups excluding carboxylic acids is 1. The van der Waals surface area contributed by atoms with Crippen LogP contribution < -0.4 is 0 Å². The maximum Gasteiger partial charge on any atom is 0.222 e. The predicted octanol–water partition coefficient (Wildman–Crippen LogP) is 1.88. The molecule has 1 aliphatic heterocycles. The molecule has 83 valence electrons. The average molecular weight is 200 g/mol. The normalized spacial score (nSPS) is 15.4. The lowest BCUT2D eigenvalue weighted by molar-refractivity contribution is -0.126.